The third kappa shape index (κ3) is 5.34. The maximum absolute atomic E-state index is 12.7. The molecule has 2 amide bonds. The molecule has 1 N–H and O–H groups in total. The Morgan fingerprint density at radius 2 is 1.83 bits per heavy atom. The molecule has 1 saturated heterocycles. The summed E-state index contributed by atoms with van der Waals surface area (Å²) in [6.45, 7) is 3.72. The summed E-state index contributed by atoms with van der Waals surface area (Å²) in [5, 5.41) is 3.72. The number of ether oxygens (including phenoxy) is 1. The van der Waals surface area contributed by atoms with Crippen molar-refractivity contribution < 1.29 is 13.9 Å². The van der Waals surface area contributed by atoms with Gasteiger partial charge in [-0.15, -0.1) is 0 Å². The zero-order valence-corrected chi connectivity index (χ0v) is 17.3. The molecule has 0 bridgehead atoms. The average Bonchev–Trinajstić information content (AvgIpc) is 3.28. The van der Waals surface area contributed by atoms with Gasteiger partial charge in [-0.05, 0) is 48.0 Å². The molecule has 6 nitrogen and oxygen atoms in total. The highest BCUT2D eigenvalue weighted by Gasteiger charge is 2.21. The number of halogens is 1. The van der Waals surface area contributed by atoms with Crippen LogP contribution < -0.4 is 10.2 Å². The van der Waals surface area contributed by atoms with Crippen molar-refractivity contribution in [3.63, 3.8) is 0 Å². The molecule has 0 radical (unpaired) electrons. The maximum Gasteiger partial charge on any atom is 0.321 e. The molecule has 1 aromatic heterocycles. The van der Waals surface area contributed by atoms with Crippen molar-refractivity contribution in [2.24, 2.45) is 0 Å². The molecular formula is C23H24ClN3O3. The number of hydrogen-bond donors (Lipinski definition) is 1. The van der Waals surface area contributed by atoms with Crippen LogP contribution in [0.2, 0.25) is 5.02 Å². The summed E-state index contributed by atoms with van der Waals surface area (Å²) in [5.74, 6) is 0.788. The van der Waals surface area contributed by atoms with Gasteiger partial charge in [-0.2, -0.15) is 0 Å². The largest absolute Gasteiger partial charge is 0.467 e. The first-order valence-corrected chi connectivity index (χ1v) is 10.3. The number of rotatable bonds is 6. The van der Waals surface area contributed by atoms with E-state index in [1.807, 2.05) is 65.6 Å². The van der Waals surface area contributed by atoms with Crippen LogP contribution in [-0.4, -0.2) is 37.1 Å². The Labute approximate surface area is 181 Å². The smallest absolute Gasteiger partial charge is 0.321 e. The van der Waals surface area contributed by atoms with Crippen molar-refractivity contribution in [3.05, 3.63) is 83.3 Å². The monoisotopic (exact) mass is 425 g/mol. The Morgan fingerprint density at radius 1 is 1.00 bits per heavy atom. The normalized spacial score (nSPS) is 14.0. The van der Waals surface area contributed by atoms with E-state index in [9.17, 15) is 4.79 Å². The van der Waals surface area contributed by atoms with Crippen LogP contribution in [0, 0.1) is 0 Å². The topological polar surface area (TPSA) is 58.0 Å². The number of anilines is 2. The second-order valence-corrected chi connectivity index (χ2v) is 7.59. The fourth-order valence-corrected chi connectivity index (χ4v) is 3.63. The van der Waals surface area contributed by atoms with E-state index in [4.69, 9.17) is 20.8 Å². The highest BCUT2D eigenvalue weighted by molar-refractivity contribution is 6.30. The summed E-state index contributed by atoms with van der Waals surface area (Å²) in [6, 6.07) is 19.1. The van der Waals surface area contributed by atoms with Crippen LogP contribution >= 0.6 is 11.6 Å². The minimum Gasteiger partial charge on any atom is -0.467 e. The molecule has 0 atom stereocenters. The number of nitrogens with zero attached hydrogens (tertiary/aromatic N) is 2. The quantitative estimate of drug-likeness (QED) is 0.603. The van der Waals surface area contributed by atoms with Gasteiger partial charge < -0.3 is 24.3 Å². The second kappa shape index (κ2) is 9.69. The van der Waals surface area contributed by atoms with E-state index < -0.39 is 0 Å². The van der Waals surface area contributed by atoms with Gasteiger partial charge in [0.1, 0.15) is 12.4 Å². The van der Waals surface area contributed by atoms with Gasteiger partial charge in [0.25, 0.3) is 0 Å². The Morgan fingerprint density at radius 3 is 2.60 bits per heavy atom. The van der Waals surface area contributed by atoms with E-state index in [0.29, 0.717) is 26.3 Å². The maximum atomic E-state index is 12.7. The summed E-state index contributed by atoms with van der Waals surface area (Å²) in [4.78, 5) is 16.8. The molecule has 0 spiro atoms. The third-order valence-electron chi connectivity index (χ3n) is 5.01. The molecule has 1 aliphatic rings. The van der Waals surface area contributed by atoms with Crippen LogP contribution in [0.25, 0.3) is 0 Å². The lowest BCUT2D eigenvalue weighted by atomic mass is 10.2. The molecule has 1 fully saturated rings. The molecule has 156 valence electrons. The Hall–Kier alpha value is -2.96. The number of furan rings is 1. The standard InChI is InChI=1S/C23H24ClN3O3/c24-19-5-2-7-21(15-19)26-9-11-27(12-10-26)23(28)25-20-6-1-4-18(14-20)16-29-17-22-8-3-13-30-22/h1-8,13-15H,9-12,16-17H2,(H,25,28). The summed E-state index contributed by atoms with van der Waals surface area (Å²) in [6.07, 6.45) is 1.63. The molecule has 1 aliphatic heterocycles. The lowest BCUT2D eigenvalue weighted by Crippen LogP contribution is -2.50. The van der Waals surface area contributed by atoms with Crippen LogP contribution in [0.4, 0.5) is 16.2 Å². The molecule has 0 saturated carbocycles. The van der Waals surface area contributed by atoms with Crippen molar-refractivity contribution in [2.45, 2.75) is 13.2 Å². The number of benzene rings is 2. The Bertz CT molecular complexity index is 969. The van der Waals surface area contributed by atoms with Gasteiger partial charge in [0, 0.05) is 42.6 Å². The zero-order valence-electron chi connectivity index (χ0n) is 16.6. The molecule has 3 aromatic rings. The number of urea groups is 1. The number of nitrogens with one attached hydrogen (secondary N) is 1. The highest BCUT2D eigenvalue weighted by Crippen LogP contribution is 2.21. The number of carbonyl (C=O) groups excluding carboxylic acids is 1. The van der Waals surface area contributed by atoms with Crippen molar-refractivity contribution in [1.82, 2.24) is 4.90 Å². The molecule has 2 heterocycles. The van der Waals surface area contributed by atoms with Gasteiger partial charge in [0.2, 0.25) is 0 Å². The predicted octanol–water partition coefficient (Wildman–Crippen LogP) is 5.00. The minimum absolute atomic E-state index is 0.0885. The van der Waals surface area contributed by atoms with Crippen LogP contribution in [0.3, 0.4) is 0 Å². The van der Waals surface area contributed by atoms with E-state index in [-0.39, 0.29) is 6.03 Å². The van der Waals surface area contributed by atoms with Crippen molar-refractivity contribution in [2.75, 3.05) is 36.4 Å². The fourth-order valence-electron chi connectivity index (χ4n) is 3.45. The fraction of sp³-hybridized carbons (Fsp3) is 0.261. The van der Waals surface area contributed by atoms with Gasteiger partial charge in [-0.3, -0.25) is 0 Å². The lowest BCUT2D eigenvalue weighted by Gasteiger charge is -2.36. The van der Waals surface area contributed by atoms with E-state index in [0.717, 1.165) is 40.8 Å². The Balaban J connectivity index is 1.27. The van der Waals surface area contributed by atoms with Gasteiger partial charge in [-0.1, -0.05) is 29.8 Å². The second-order valence-electron chi connectivity index (χ2n) is 7.16. The van der Waals surface area contributed by atoms with Gasteiger partial charge in [-0.25, -0.2) is 4.79 Å². The van der Waals surface area contributed by atoms with E-state index in [1.165, 1.54) is 0 Å². The Kier molecular flexibility index (Phi) is 6.57. The first-order valence-electron chi connectivity index (χ1n) is 9.93. The van der Waals surface area contributed by atoms with E-state index in [1.54, 1.807) is 6.26 Å². The first kappa shape index (κ1) is 20.3. The van der Waals surface area contributed by atoms with Crippen LogP contribution in [-0.2, 0) is 18.0 Å². The number of amides is 2. The third-order valence-corrected chi connectivity index (χ3v) is 5.25. The zero-order chi connectivity index (χ0) is 20.8. The summed E-state index contributed by atoms with van der Waals surface area (Å²) >= 11 is 6.09. The summed E-state index contributed by atoms with van der Waals surface area (Å²) in [7, 11) is 0. The molecule has 2 aromatic carbocycles. The SMILES string of the molecule is O=C(Nc1cccc(COCc2ccco2)c1)N1CCN(c2cccc(Cl)c2)CC1. The molecule has 0 unspecified atom stereocenters. The van der Waals surface area contributed by atoms with Crippen molar-refractivity contribution in [3.8, 4) is 0 Å². The van der Waals surface area contributed by atoms with E-state index >= 15 is 0 Å². The van der Waals surface area contributed by atoms with Gasteiger partial charge in [0.05, 0.1) is 12.9 Å². The molecule has 0 aliphatic carbocycles. The highest BCUT2D eigenvalue weighted by atomic mass is 35.5. The number of piperazine rings is 1. The van der Waals surface area contributed by atoms with Gasteiger partial charge >= 0.3 is 6.03 Å². The first-order chi connectivity index (χ1) is 14.7. The summed E-state index contributed by atoms with van der Waals surface area (Å²) in [5.41, 5.74) is 2.84. The van der Waals surface area contributed by atoms with Gasteiger partial charge in [0.15, 0.2) is 0 Å². The van der Waals surface area contributed by atoms with Crippen LogP contribution in [0.1, 0.15) is 11.3 Å². The number of hydrogen-bond acceptors (Lipinski definition) is 4. The average molecular weight is 426 g/mol. The molecule has 4 rings (SSSR count). The van der Waals surface area contributed by atoms with Crippen LogP contribution in [0.5, 0.6) is 0 Å². The summed E-state index contributed by atoms with van der Waals surface area (Å²) < 4.78 is 10.9. The number of carbonyl (C=O) groups is 1. The van der Waals surface area contributed by atoms with Crippen molar-refractivity contribution >= 4 is 29.0 Å². The molecule has 30 heavy (non-hydrogen) atoms. The minimum atomic E-state index is -0.0885. The molecular weight excluding hydrogens is 402 g/mol. The molecule has 7 heteroatoms. The lowest BCUT2D eigenvalue weighted by molar-refractivity contribution is 0.0930. The predicted molar refractivity (Wildman–Crippen MR) is 118 cm³/mol. The van der Waals surface area contributed by atoms with E-state index in [2.05, 4.69) is 10.2 Å². The van der Waals surface area contributed by atoms with Crippen LogP contribution in [0.15, 0.2) is 71.3 Å². The van der Waals surface area contributed by atoms with Crippen molar-refractivity contribution in [1.29, 1.82) is 0 Å².